The fourth-order valence-corrected chi connectivity index (χ4v) is 3.03. The number of rotatable bonds is 5. The largest absolute Gasteiger partial charge is 0.480 e. The molecule has 0 bridgehead atoms. The predicted octanol–water partition coefficient (Wildman–Crippen LogP) is 2.14. The molecule has 110 valence electrons. The third-order valence-corrected chi connectivity index (χ3v) is 3.98. The molecule has 0 saturated carbocycles. The first-order chi connectivity index (χ1) is 9.46. The van der Waals surface area contributed by atoms with Gasteiger partial charge >= 0.3 is 5.97 Å². The Morgan fingerprint density at radius 1 is 1.50 bits per heavy atom. The number of para-hydroxylation sites is 1. The molecule has 0 aliphatic carbocycles. The van der Waals surface area contributed by atoms with Gasteiger partial charge in [-0.2, -0.15) is 0 Å². The highest BCUT2D eigenvalue weighted by molar-refractivity contribution is 5.79. The quantitative estimate of drug-likeness (QED) is 0.865. The Kier molecular flexibility index (Phi) is 4.33. The van der Waals surface area contributed by atoms with E-state index in [9.17, 15) is 9.90 Å². The summed E-state index contributed by atoms with van der Waals surface area (Å²) in [4.78, 5) is 13.8. The molecule has 0 saturated heterocycles. The predicted molar refractivity (Wildman–Crippen MR) is 81.2 cm³/mol. The van der Waals surface area contributed by atoms with E-state index in [0.717, 1.165) is 13.0 Å². The van der Waals surface area contributed by atoms with Crippen molar-refractivity contribution >= 4 is 11.7 Å². The van der Waals surface area contributed by atoms with Gasteiger partial charge in [0.05, 0.1) is 0 Å². The fourth-order valence-electron chi connectivity index (χ4n) is 3.03. The maximum Gasteiger partial charge on any atom is 0.325 e. The molecule has 0 aromatic heterocycles. The van der Waals surface area contributed by atoms with Crippen LogP contribution in [0, 0.1) is 5.92 Å². The molecule has 4 heteroatoms. The Morgan fingerprint density at radius 2 is 2.20 bits per heavy atom. The van der Waals surface area contributed by atoms with Crippen molar-refractivity contribution in [3.05, 3.63) is 29.8 Å². The van der Waals surface area contributed by atoms with Gasteiger partial charge in [0.15, 0.2) is 0 Å². The van der Waals surface area contributed by atoms with E-state index in [0.29, 0.717) is 19.0 Å². The van der Waals surface area contributed by atoms with E-state index in [1.807, 2.05) is 13.0 Å². The lowest BCUT2D eigenvalue weighted by atomic mass is 9.91. The first kappa shape index (κ1) is 14.9. The molecule has 2 unspecified atom stereocenters. The number of likely N-dealkylation sites (N-methyl/N-ethyl adjacent to an activating group) is 1. The van der Waals surface area contributed by atoms with E-state index in [-0.39, 0.29) is 0 Å². The number of hydrogen-bond acceptors (Lipinski definition) is 3. The summed E-state index contributed by atoms with van der Waals surface area (Å²) < 4.78 is 0. The standard InChI is InChI=1S/C16H24N2O2/c1-4-17-16(3,15(19)20)11-18-10-12(2)9-13-7-5-6-8-14(13)18/h5-8,12,17H,4,9-11H2,1-3H3,(H,19,20). The van der Waals surface area contributed by atoms with E-state index >= 15 is 0 Å². The summed E-state index contributed by atoms with van der Waals surface area (Å²) in [6, 6.07) is 8.31. The van der Waals surface area contributed by atoms with E-state index in [1.54, 1.807) is 6.92 Å². The summed E-state index contributed by atoms with van der Waals surface area (Å²) in [6.07, 6.45) is 1.07. The summed E-state index contributed by atoms with van der Waals surface area (Å²) in [5.41, 5.74) is 1.57. The topological polar surface area (TPSA) is 52.6 Å². The van der Waals surface area contributed by atoms with Crippen LogP contribution in [0.2, 0.25) is 0 Å². The van der Waals surface area contributed by atoms with E-state index in [1.165, 1.54) is 11.3 Å². The van der Waals surface area contributed by atoms with Gasteiger partial charge in [0.1, 0.15) is 5.54 Å². The lowest BCUT2D eigenvalue weighted by Gasteiger charge is -2.39. The van der Waals surface area contributed by atoms with Crippen LogP contribution in [-0.4, -0.2) is 36.2 Å². The average molecular weight is 276 g/mol. The van der Waals surface area contributed by atoms with Crippen LogP contribution < -0.4 is 10.2 Å². The van der Waals surface area contributed by atoms with Gasteiger partial charge in [0.25, 0.3) is 0 Å². The Balaban J connectivity index is 2.26. The molecular formula is C16H24N2O2. The number of carboxylic acids is 1. The zero-order valence-electron chi connectivity index (χ0n) is 12.5. The number of anilines is 1. The lowest BCUT2D eigenvalue weighted by molar-refractivity contribution is -0.143. The van der Waals surface area contributed by atoms with Crippen LogP contribution in [-0.2, 0) is 11.2 Å². The molecule has 20 heavy (non-hydrogen) atoms. The summed E-state index contributed by atoms with van der Waals surface area (Å²) in [5, 5.41) is 12.6. The number of benzene rings is 1. The second kappa shape index (κ2) is 5.83. The van der Waals surface area contributed by atoms with Gasteiger partial charge in [-0.1, -0.05) is 32.0 Å². The minimum atomic E-state index is -0.918. The Morgan fingerprint density at radius 3 is 2.85 bits per heavy atom. The van der Waals surface area contributed by atoms with Gasteiger partial charge in [-0.25, -0.2) is 0 Å². The van der Waals surface area contributed by atoms with Crippen molar-refractivity contribution in [2.45, 2.75) is 32.7 Å². The van der Waals surface area contributed by atoms with Crippen molar-refractivity contribution in [3.8, 4) is 0 Å². The third kappa shape index (κ3) is 2.96. The fraction of sp³-hybridized carbons (Fsp3) is 0.562. The number of carbonyl (C=O) groups is 1. The molecule has 4 nitrogen and oxygen atoms in total. The van der Waals surface area contributed by atoms with Gasteiger partial charge in [-0.3, -0.25) is 4.79 Å². The number of hydrogen-bond donors (Lipinski definition) is 2. The first-order valence-corrected chi connectivity index (χ1v) is 7.27. The second-order valence-electron chi connectivity index (χ2n) is 5.99. The molecular weight excluding hydrogens is 252 g/mol. The molecule has 1 aliphatic heterocycles. The summed E-state index contributed by atoms with van der Waals surface area (Å²) in [7, 11) is 0. The van der Waals surface area contributed by atoms with Gasteiger partial charge in [-0.05, 0) is 37.4 Å². The molecule has 0 spiro atoms. The van der Waals surface area contributed by atoms with Crippen molar-refractivity contribution in [3.63, 3.8) is 0 Å². The Bertz CT molecular complexity index is 489. The van der Waals surface area contributed by atoms with Crippen molar-refractivity contribution < 1.29 is 9.90 Å². The maximum atomic E-state index is 11.6. The van der Waals surface area contributed by atoms with E-state index in [4.69, 9.17) is 0 Å². The molecule has 1 aliphatic rings. The molecule has 0 amide bonds. The number of aliphatic carboxylic acids is 1. The first-order valence-electron chi connectivity index (χ1n) is 7.27. The van der Waals surface area contributed by atoms with Gasteiger partial charge in [0.2, 0.25) is 0 Å². The van der Waals surface area contributed by atoms with Crippen LogP contribution in [0.4, 0.5) is 5.69 Å². The van der Waals surface area contributed by atoms with Crippen molar-refractivity contribution in [1.29, 1.82) is 0 Å². The van der Waals surface area contributed by atoms with E-state index in [2.05, 4.69) is 35.3 Å². The number of nitrogens with zero attached hydrogens (tertiary/aromatic N) is 1. The smallest absolute Gasteiger partial charge is 0.325 e. The zero-order chi connectivity index (χ0) is 14.8. The van der Waals surface area contributed by atoms with Crippen molar-refractivity contribution in [1.82, 2.24) is 5.32 Å². The summed E-state index contributed by atoms with van der Waals surface area (Å²) in [6.45, 7) is 7.96. The number of fused-ring (bicyclic) bond motifs is 1. The molecule has 0 fully saturated rings. The summed E-state index contributed by atoms with van der Waals surface area (Å²) >= 11 is 0. The molecule has 1 aromatic rings. The average Bonchev–Trinajstić information content (AvgIpc) is 2.38. The molecule has 2 rings (SSSR count). The molecule has 1 aromatic carbocycles. The SMILES string of the molecule is CCNC(C)(CN1CC(C)Cc2ccccc21)C(=O)O. The minimum Gasteiger partial charge on any atom is -0.480 e. The Labute approximate surface area is 120 Å². The highest BCUT2D eigenvalue weighted by Gasteiger charge is 2.36. The summed E-state index contributed by atoms with van der Waals surface area (Å²) in [5.74, 6) is -0.250. The molecule has 1 heterocycles. The van der Waals surface area contributed by atoms with Crippen molar-refractivity contribution in [2.24, 2.45) is 5.92 Å². The van der Waals surface area contributed by atoms with Gasteiger partial charge in [0, 0.05) is 18.8 Å². The van der Waals surface area contributed by atoms with Crippen LogP contribution in [0.25, 0.3) is 0 Å². The number of carboxylic acid groups (broad SMARTS) is 1. The van der Waals surface area contributed by atoms with Crippen LogP contribution in [0.5, 0.6) is 0 Å². The zero-order valence-corrected chi connectivity index (χ0v) is 12.5. The van der Waals surface area contributed by atoms with Crippen LogP contribution >= 0.6 is 0 Å². The van der Waals surface area contributed by atoms with Crippen LogP contribution in [0.1, 0.15) is 26.3 Å². The van der Waals surface area contributed by atoms with Crippen LogP contribution in [0.15, 0.2) is 24.3 Å². The number of nitrogens with one attached hydrogen (secondary N) is 1. The minimum absolute atomic E-state index is 0.484. The highest BCUT2D eigenvalue weighted by Crippen LogP contribution is 2.30. The molecule has 2 atom stereocenters. The molecule has 0 radical (unpaired) electrons. The van der Waals surface area contributed by atoms with Gasteiger partial charge in [-0.15, -0.1) is 0 Å². The highest BCUT2D eigenvalue weighted by atomic mass is 16.4. The molecule has 2 N–H and O–H groups in total. The normalized spacial score (nSPS) is 21.1. The van der Waals surface area contributed by atoms with Crippen LogP contribution in [0.3, 0.4) is 0 Å². The third-order valence-electron chi connectivity index (χ3n) is 3.98. The lowest BCUT2D eigenvalue weighted by Crippen LogP contribution is -2.58. The van der Waals surface area contributed by atoms with E-state index < -0.39 is 11.5 Å². The van der Waals surface area contributed by atoms with Crippen molar-refractivity contribution in [2.75, 3.05) is 24.5 Å². The Hall–Kier alpha value is -1.55. The van der Waals surface area contributed by atoms with Gasteiger partial charge < -0.3 is 15.3 Å². The second-order valence-corrected chi connectivity index (χ2v) is 5.99. The monoisotopic (exact) mass is 276 g/mol. The maximum absolute atomic E-state index is 11.6.